The minimum atomic E-state index is -0.697. The Bertz CT molecular complexity index is 753. The smallest absolute Gasteiger partial charge is 0.404 e. The Labute approximate surface area is 149 Å². The molecule has 2 aromatic rings. The molecule has 24 heavy (non-hydrogen) atoms. The van der Waals surface area contributed by atoms with Crippen molar-refractivity contribution in [2.24, 2.45) is 11.1 Å². The Hall–Kier alpha value is -1.76. The summed E-state index contributed by atoms with van der Waals surface area (Å²) in [6.45, 7) is 7.37. The first-order valence-corrected chi connectivity index (χ1v) is 8.90. The lowest BCUT2D eigenvalue weighted by atomic mass is 9.79. The van der Waals surface area contributed by atoms with Gasteiger partial charge in [-0.1, -0.05) is 20.8 Å². The number of aromatic amines is 1. The summed E-state index contributed by atoms with van der Waals surface area (Å²) in [4.78, 5) is 21.2. The van der Waals surface area contributed by atoms with Crippen molar-refractivity contribution in [3.05, 3.63) is 22.9 Å². The van der Waals surface area contributed by atoms with Gasteiger partial charge in [-0.15, -0.1) is 0 Å². The molecule has 2 aromatic heterocycles. The largest absolute Gasteiger partial charge is 0.446 e. The average molecular weight is 395 g/mol. The first-order chi connectivity index (χ1) is 11.3. The van der Waals surface area contributed by atoms with Gasteiger partial charge >= 0.3 is 6.09 Å². The van der Waals surface area contributed by atoms with E-state index in [1.165, 1.54) is 0 Å². The molecule has 1 amide bonds. The van der Waals surface area contributed by atoms with Crippen LogP contribution in [0, 0.1) is 5.41 Å². The maximum Gasteiger partial charge on any atom is 0.404 e. The molecule has 3 heterocycles. The zero-order valence-electron chi connectivity index (χ0n) is 14.2. The van der Waals surface area contributed by atoms with Crippen LogP contribution in [0.5, 0.6) is 0 Å². The molecule has 1 aliphatic rings. The summed E-state index contributed by atoms with van der Waals surface area (Å²) in [6, 6.07) is 2.31. The SMILES string of the molecule is CC(C)(C)C1CC(OC(N)=O)CCN1c1cc2c(Br)c[nH]c2cn1. The zero-order valence-corrected chi connectivity index (χ0v) is 15.8. The van der Waals surface area contributed by atoms with Gasteiger partial charge in [-0.2, -0.15) is 0 Å². The van der Waals surface area contributed by atoms with Gasteiger partial charge < -0.3 is 20.4 Å². The van der Waals surface area contributed by atoms with Crippen LogP contribution in [0.3, 0.4) is 0 Å². The van der Waals surface area contributed by atoms with Gasteiger partial charge in [0.25, 0.3) is 0 Å². The maximum atomic E-state index is 11.1. The van der Waals surface area contributed by atoms with E-state index in [1.54, 1.807) is 0 Å². The minimum absolute atomic E-state index is 0.0195. The number of anilines is 1. The number of halogens is 1. The summed E-state index contributed by atoms with van der Waals surface area (Å²) < 4.78 is 6.29. The summed E-state index contributed by atoms with van der Waals surface area (Å²) in [5.74, 6) is 0.945. The normalized spacial score (nSPS) is 21.9. The van der Waals surface area contributed by atoms with Crippen LogP contribution in [-0.4, -0.2) is 34.8 Å². The van der Waals surface area contributed by atoms with Crippen molar-refractivity contribution in [3.8, 4) is 0 Å². The van der Waals surface area contributed by atoms with E-state index in [0.717, 1.165) is 40.6 Å². The van der Waals surface area contributed by atoms with Gasteiger partial charge in [0, 0.05) is 41.5 Å². The molecule has 130 valence electrons. The number of hydrogen-bond acceptors (Lipinski definition) is 4. The van der Waals surface area contributed by atoms with Gasteiger partial charge in [0.2, 0.25) is 0 Å². The standard InChI is InChI=1S/C17H23BrN4O2/c1-17(2,3)14-6-10(24-16(19)23)4-5-22(14)15-7-11-12(18)8-20-13(11)9-21-15/h7-10,14,20H,4-6H2,1-3H3,(H2,19,23). The highest BCUT2D eigenvalue weighted by Crippen LogP contribution is 2.36. The minimum Gasteiger partial charge on any atom is -0.446 e. The molecule has 3 rings (SSSR count). The molecule has 0 bridgehead atoms. The van der Waals surface area contributed by atoms with E-state index in [0.29, 0.717) is 0 Å². The molecular formula is C17H23BrN4O2. The van der Waals surface area contributed by atoms with Gasteiger partial charge in [0.05, 0.1) is 11.7 Å². The number of hydrogen-bond donors (Lipinski definition) is 2. The van der Waals surface area contributed by atoms with Crippen molar-refractivity contribution in [2.45, 2.75) is 45.8 Å². The van der Waals surface area contributed by atoms with Crippen LogP contribution < -0.4 is 10.6 Å². The molecule has 3 N–H and O–H groups in total. The monoisotopic (exact) mass is 394 g/mol. The fourth-order valence-electron chi connectivity index (χ4n) is 3.43. The molecule has 1 fully saturated rings. The fourth-order valence-corrected chi connectivity index (χ4v) is 3.87. The Morgan fingerprint density at radius 2 is 2.25 bits per heavy atom. The molecule has 0 aromatic carbocycles. The number of nitrogens with zero attached hydrogens (tertiary/aromatic N) is 2. The van der Waals surface area contributed by atoms with Gasteiger partial charge in [0.1, 0.15) is 11.9 Å². The second-order valence-electron chi connectivity index (χ2n) is 7.38. The van der Waals surface area contributed by atoms with Gasteiger partial charge in [0.15, 0.2) is 0 Å². The number of fused-ring (bicyclic) bond motifs is 1. The van der Waals surface area contributed by atoms with E-state index in [9.17, 15) is 4.79 Å². The molecule has 6 nitrogen and oxygen atoms in total. The predicted molar refractivity (Wildman–Crippen MR) is 98.1 cm³/mol. The van der Waals surface area contributed by atoms with E-state index in [-0.39, 0.29) is 17.6 Å². The highest BCUT2D eigenvalue weighted by atomic mass is 79.9. The number of amides is 1. The van der Waals surface area contributed by atoms with Crippen molar-refractivity contribution in [1.29, 1.82) is 0 Å². The number of ether oxygens (including phenoxy) is 1. The van der Waals surface area contributed by atoms with Crippen LogP contribution in [0.15, 0.2) is 22.9 Å². The Kier molecular flexibility index (Phi) is 4.46. The second kappa shape index (κ2) is 6.27. The number of H-pyrrole nitrogens is 1. The van der Waals surface area contributed by atoms with Crippen LogP contribution in [0.2, 0.25) is 0 Å². The molecule has 0 saturated carbocycles. The lowest BCUT2D eigenvalue weighted by molar-refractivity contribution is 0.0668. The molecule has 2 unspecified atom stereocenters. The molecule has 7 heteroatoms. The van der Waals surface area contributed by atoms with Crippen molar-refractivity contribution >= 4 is 38.7 Å². The molecule has 1 aliphatic heterocycles. The van der Waals surface area contributed by atoms with Crippen molar-refractivity contribution in [3.63, 3.8) is 0 Å². The third-order valence-electron chi connectivity index (χ3n) is 4.63. The van der Waals surface area contributed by atoms with Crippen LogP contribution >= 0.6 is 15.9 Å². The van der Waals surface area contributed by atoms with Crippen LogP contribution in [-0.2, 0) is 4.74 Å². The zero-order chi connectivity index (χ0) is 17.5. The van der Waals surface area contributed by atoms with Gasteiger partial charge in [-0.25, -0.2) is 9.78 Å². The third-order valence-corrected chi connectivity index (χ3v) is 5.29. The summed E-state index contributed by atoms with van der Waals surface area (Å²) in [6.07, 6.45) is 4.46. The summed E-state index contributed by atoms with van der Waals surface area (Å²) >= 11 is 3.57. The number of carbonyl (C=O) groups excluding carboxylic acids is 1. The molecule has 0 radical (unpaired) electrons. The van der Waals surface area contributed by atoms with Crippen molar-refractivity contribution in [1.82, 2.24) is 9.97 Å². The number of pyridine rings is 1. The molecule has 0 aliphatic carbocycles. The summed E-state index contributed by atoms with van der Waals surface area (Å²) in [7, 11) is 0. The summed E-state index contributed by atoms with van der Waals surface area (Å²) in [5.41, 5.74) is 6.22. The Morgan fingerprint density at radius 1 is 1.50 bits per heavy atom. The lowest BCUT2D eigenvalue weighted by Gasteiger charge is -2.46. The topological polar surface area (TPSA) is 84.2 Å². The number of nitrogens with one attached hydrogen (secondary N) is 1. The molecule has 0 spiro atoms. The molecular weight excluding hydrogens is 372 g/mol. The van der Waals surface area contributed by atoms with Crippen LogP contribution in [0.25, 0.3) is 10.9 Å². The Morgan fingerprint density at radius 3 is 2.92 bits per heavy atom. The number of primary amides is 1. The number of nitrogens with two attached hydrogens (primary N) is 1. The number of carbonyl (C=O) groups is 1. The maximum absolute atomic E-state index is 11.1. The second-order valence-corrected chi connectivity index (χ2v) is 8.24. The quantitative estimate of drug-likeness (QED) is 0.810. The van der Waals surface area contributed by atoms with E-state index in [4.69, 9.17) is 10.5 Å². The first-order valence-electron chi connectivity index (χ1n) is 8.11. The predicted octanol–water partition coefficient (Wildman–Crippen LogP) is 3.80. The van der Waals surface area contributed by atoms with E-state index in [1.807, 2.05) is 12.4 Å². The fraction of sp³-hybridized carbons (Fsp3) is 0.529. The van der Waals surface area contributed by atoms with E-state index < -0.39 is 6.09 Å². The molecule has 1 saturated heterocycles. The number of rotatable bonds is 2. The van der Waals surface area contributed by atoms with Crippen molar-refractivity contribution in [2.75, 3.05) is 11.4 Å². The van der Waals surface area contributed by atoms with Crippen LogP contribution in [0.4, 0.5) is 10.6 Å². The van der Waals surface area contributed by atoms with Crippen LogP contribution in [0.1, 0.15) is 33.6 Å². The highest BCUT2D eigenvalue weighted by Gasteiger charge is 2.38. The first kappa shape index (κ1) is 17.1. The van der Waals surface area contributed by atoms with Gasteiger partial charge in [-0.3, -0.25) is 0 Å². The number of aromatic nitrogens is 2. The summed E-state index contributed by atoms with van der Waals surface area (Å²) in [5, 5.41) is 1.11. The van der Waals surface area contributed by atoms with E-state index >= 15 is 0 Å². The lowest BCUT2D eigenvalue weighted by Crippen LogP contribution is -2.52. The third kappa shape index (κ3) is 3.36. The Balaban J connectivity index is 1.91. The molecule has 2 atom stereocenters. The average Bonchev–Trinajstić information content (AvgIpc) is 2.87. The number of piperidine rings is 1. The highest BCUT2D eigenvalue weighted by molar-refractivity contribution is 9.10. The van der Waals surface area contributed by atoms with Crippen molar-refractivity contribution < 1.29 is 9.53 Å². The van der Waals surface area contributed by atoms with Gasteiger partial charge in [-0.05, 0) is 27.4 Å². The van der Waals surface area contributed by atoms with E-state index in [2.05, 4.69) is 57.6 Å².